The van der Waals surface area contributed by atoms with Gasteiger partial charge < -0.3 is 24.0 Å². The van der Waals surface area contributed by atoms with Crippen molar-refractivity contribution in [2.45, 2.75) is 25.9 Å². The van der Waals surface area contributed by atoms with Crippen LogP contribution in [-0.4, -0.2) is 4.57 Å². The third kappa shape index (κ3) is 3.40. The van der Waals surface area contributed by atoms with Gasteiger partial charge in [0, 0.05) is 0 Å². The average molecular weight is 454 g/mol. The first-order chi connectivity index (χ1) is 12.3. The molecule has 0 unspecified atom stereocenters. The Morgan fingerprint density at radius 2 is 1.23 bits per heavy atom. The molecule has 0 fully saturated rings. The molecule has 1 heterocycles. The molecule has 0 N–H and O–H groups in total. The molecule has 0 saturated carbocycles. The van der Waals surface area contributed by atoms with E-state index in [1.165, 1.54) is 22.2 Å². The lowest BCUT2D eigenvalue weighted by molar-refractivity contribution is -0.686. The van der Waals surface area contributed by atoms with E-state index in [2.05, 4.69) is 114 Å². The van der Waals surface area contributed by atoms with Gasteiger partial charge in [0.25, 0.3) is 0 Å². The first-order valence-electron chi connectivity index (χ1n) is 8.86. The highest BCUT2D eigenvalue weighted by atomic mass is 127. The summed E-state index contributed by atoms with van der Waals surface area (Å²) < 4.78 is 4.76. The molecule has 0 spiro atoms. The second-order valence-corrected chi connectivity index (χ2v) is 6.59. The molecule has 0 aliphatic heterocycles. The molecule has 0 saturated heterocycles. The number of fused-ring (bicyclic) bond motifs is 1. The maximum Gasteiger partial charge on any atom is 0.245 e. The average Bonchev–Trinajstić information content (AvgIpc) is 3.08. The predicted octanol–water partition coefficient (Wildman–Crippen LogP) is 2.15. The van der Waals surface area contributed by atoms with Crippen LogP contribution in [0.4, 0.5) is 0 Å². The maximum absolute atomic E-state index is 2.38. The standard InChI is InChI=1S/C23H23N2.HI/c1-18(20-11-5-3-6-12-20)24-17-25(23-16-10-9-15-22(23)24)19(2)21-13-7-4-8-14-21;/h3-19H,1-2H3;1H/q+1;/p-1/t18-,19-;/m0./s1. The third-order valence-corrected chi connectivity index (χ3v) is 5.09. The first kappa shape index (κ1) is 18.6. The molecule has 0 aliphatic carbocycles. The zero-order valence-electron chi connectivity index (χ0n) is 15.1. The highest BCUT2D eigenvalue weighted by molar-refractivity contribution is 5.72. The molecule has 3 heteroatoms. The quantitative estimate of drug-likeness (QED) is 0.330. The molecule has 4 aromatic rings. The molecule has 2 atom stereocenters. The number of para-hydroxylation sites is 2. The van der Waals surface area contributed by atoms with Crippen LogP contribution >= 0.6 is 0 Å². The van der Waals surface area contributed by atoms with Crippen LogP contribution in [0.3, 0.4) is 0 Å². The van der Waals surface area contributed by atoms with E-state index in [1.54, 1.807) is 0 Å². The van der Waals surface area contributed by atoms with Gasteiger partial charge >= 0.3 is 0 Å². The Balaban J connectivity index is 0.00000196. The Labute approximate surface area is 172 Å². The molecule has 1 aromatic heterocycles. The van der Waals surface area contributed by atoms with E-state index in [9.17, 15) is 0 Å². The molecule has 2 nitrogen and oxygen atoms in total. The van der Waals surface area contributed by atoms with Crippen molar-refractivity contribution >= 4 is 11.0 Å². The van der Waals surface area contributed by atoms with Gasteiger partial charge in [0.05, 0.1) is 0 Å². The molecular weight excluding hydrogens is 431 g/mol. The molecule has 132 valence electrons. The second-order valence-electron chi connectivity index (χ2n) is 6.59. The number of benzene rings is 3. The molecule has 26 heavy (non-hydrogen) atoms. The van der Waals surface area contributed by atoms with Crippen molar-refractivity contribution in [2.24, 2.45) is 0 Å². The number of aromatic nitrogens is 2. The fraction of sp³-hybridized carbons (Fsp3) is 0.174. The summed E-state index contributed by atoms with van der Waals surface area (Å²) in [4.78, 5) is 0. The van der Waals surface area contributed by atoms with Gasteiger partial charge in [0.15, 0.2) is 11.0 Å². The van der Waals surface area contributed by atoms with Gasteiger partial charge in [0.2, 0.25) is 6.33 Å². The van der Waals surface area contributed by atoms with Gasteiger partial charge in [-0.25, -0.2) is 9.13 Å². The predicted molar refractivity (Wildman–Crippen MR) is 103 cm³/mol. The minimum Gasteiger partial charge on any atom is -1.00 e. The third-order valence-electron chi connectivity index (χ3n) is 5.09. The first-order valence-corrected chi connectivity index (χ1v) is 8.86. The van der Waals surface area contributed by atoms with Gasteiger partial charge in [-0.1, -0.05) is 72.8 Å². The van der Waals surface area contributed by atoms with Crippen LogP contribution in [0.1, 0.15) is 37.1 Å². The lowest BCUT2D eigenvalue weighted by Gasteiger charge is -2.10. The van der Waals surface area contributed by atoms with Crippen LogP contribution in [0.2, 0.25) is 0 Å². The molecule has 4 rings (SSSR count). The number of imidazole rings is 1. The lowest BCUT2D eigenvalue weighted by atomic mass is 10.1. The number of halogens is 1. The number of rotatable bonds is 4. The topological polar surface area (TPSA) is 8.81 Å². The van der Waals surface area contributed by atoms with Crippen LogP contribution < -0.4 is 28.5 Å². The Kier molecular flexibility index (Phi) is 5.77. The molecule has 0 amide bonds. The van der Waals surface area contributed by atoms with Gasteiger partial charge in [-0.15, -0.1) is 0 Å². The van der Waals surface area contributed by atoms with Crippen molar-refractivity contribution in [3.05, 3.63) is 102 Å². The van der Waals surface area contributed by atoms with E-state index < -0.39 is 0 Å². The Hall–Kier alpha value is -2.14. The van der Waals surface area contributed by atoms with Crippen LogP contribution in [-0.2, 0) is 0 Å². The monoisotopic (exact) mass is 454 g/mol. The molecule has 0 bridgehead atoms. The molecule has 0 aliphatic rings. The smallest absolute Gasteiger partial charge is 0.245 e. The van der Waals surface area contributed by atoms with Crippen LogP contribution in [0, 0.1) is 0 Å². The van der Waals surface area contributed by atoms with E-state index in [-0.39, 0.29) is 36.1 Å². The summed E-state index contributed by atoms with van der Waals surface area (Å²) in [6.07, 6.45) is 2.26. The highest BCUT2D eigenvalue weighted by Gasteiger charge is 2.24. The van der Waals surface area contributed by atoms with E-state index >= 15 is 0 Å². The second kappa shape index (κ2) is 8.04. The van der Waals surface area contributed by atoms with Gasteiger partial charge in [0.1, 0.15) is 12.1 Å². The summed E-state index contributed by atoms with van der Waals surface area (Å²) in [6, 6.07) is 30.6. The summed E-state index contributed by atoms with van der Waals surface area (Å²) in [5.74, 6) is 0. The van der Waals surface area contributed by atoms with E-state index in [1.807, 2.05) is 0 Å². The molecule has 0 radical (unpaired) electrons. The Morgan fingerprint density at radius 3 is 1.88 bits per heavy atom. The largest absolute Gasteiger partial charge is 1.00 e. The van der Waals surface area contributed by atoms with Gasteiger partial charge in [-0.2, -0.15) is 0 Å². The van der Waals surface area contributed by atoms with Crippen molar-refractivity contribution in [2.75, 3.05) is 0 Å². The van der Waals surface area contributed by atoms with E-state index in [0.29, 0.717) is 0 Å². The zero-order valence-corrected chi connectivity index (χ0v) is 17.2. The molecular formula is C23H23IN2. The number of hydrogen-bond donors (Lipinski definition) is 0. The number of hydrogen-bond acceptors (Lipinski definition) is 0. The normalized spacial score (nSPS) is 13.2. The van der Waals surface area contributed by atoms with E-state index in [0.717, 1.165) is 0 Å². The lowest BCUT2D eigenvalue weighted by Crippen LogP contribution is -3.00. The number of nitrogens with zero attached hydrogens (tertiary/aromatic N) is 2. The van der Waals surface area contributed by atoms with Gasteiger partial charge in [-0.3, -0.25) is 0 Å². The summed E-state index contributed by atoms with van der Waals surface area (Å²) >= 11 is 0. The fourth-order valence-electron chi connectivity index (χ4n) is 3.56. The summed E-state index contributed by atoms with van der Waals surface area (Å²) in [6.45, 7) is 4.53. The van der Waals surface area contributed by atoms with Crippen LogP contribution in [0.5, 0.6) is 0 Å². The van der Waals surface area contributed by atoms with E-state index in [4.69, 9.17) is 0 Å². The van der Waals surface area contributed by atoms with Gasteiger partial charge in [-0.05, 0) is 37.1 Å². The zero-order chi connectivity index (χ0) is 17.2. The minimum atomic E-state index is 0. The van der Waals surface area contributed by atoms with Crippen molar-refractivity contribution in [1.29, 1.82) is 0 Å². The maximum atomic E-state index is 2.38. The van der Waals surface area contributed by atoms with Crippen LogP contribution in [0.15, 0.2) is 91.3 Å². The summed E-state index contributed by atoms with van der Waals surface area (Å²) in [5.41, 5.74) is 5.17. The minimum absolute atomic E-state index is 0. The molecule has 3 aromatic carbocycles. The SMILES string of the molecule is C[C@@H](c1ccccc1)n1c[n+]([C@@H](C)c2ccccc2)c2ccccc21.[I-]. The Bertz CT molecular complexity index is 897. The summed E-state index contributed by atoms with van der Waals surface area (Å²) in [7, 11) is 0. The van der Waals surface area contributed by atoms with Crippen molar-refractivity contribution in [1.82, 2.24) is 4.57 Å². The van der Waals surface area contributed by atoms with Crippen molar-refractivity contribution in [3.8, 4) is 0 Å². The van der Waals surface area contributed by atoms with Crippen LogP contribution in [0.25, 0.3) is 11.0 Å². The summed E-state index contributed by atoms with van der Waals surface area (Å²) in [5, 5.41) is 0. The fourth-order valence-corrected chi connectivity index (χ4v) is 3.56. The van der Waals surface area contributed by atoms with Crippen molar-refractivity contribution < 1.29 is 28.5 Å². The Morgan fingerprint density at radius 1 is 0.692 bits per heavy atom. The van der Waals surface area contributed by atoms with Crippen molar-refractivity contribution in [3.63, 3.8) is 0 Å². The highest BCUT2D eigenvalue weighted by Crippen LogP contribution is 2.24.